The van der Waals surface area contributed by atoms with E-state index < -0.39 is 5.60 Å². The van der Waals surface area contributed by atoms with Crippen molar-refractivity contribution >= 4 is 5.91 Å². The summed E-state index contributed by atoms with van der Waals surface area (Å²) in [7, 11) is 0. The molecule has 0 aliphatic carbocycles. The van der Waals surface area contributed by atoms with E-state index in [1.165, 1.54) is 5.56 Å². The van der Waals surface area contributed by atoms with E-state index >= 15 is 0 Å². The number of aliphatic hydroxyl groups is 1. The van der Waals surface area contributed by atoms with Crippen molar-refractivity contribution in [1.82, 2.24) is 4.90 Å². The number of carbonyl (C=O) groups excluding carboxylic acids is 1. The largest absolute Gasteiger partial charge is 0.491 e. The van der Waals surface area contributed by atoms with Gasteiger partial charge in [-0.15, -0.1) is 0 Å². The Bertz CT molecular complexity index is 475. The molecule has 0 aromatic heterocycles. The number of amides is 1. The predicted molar refractivity (Wildman–Crippen MR) is 81.1 cm³/mol. The molecule has 2 rings (SSSR count). The summed E-state index contributed by atoms with van der Waals surface area (Å²) in [6.45, 7) is 4.30. The number of aryl methyl sites for hydroxylation is 1. The highest BCUT2D eigenvalue weighted by Gasteiger charge is 2.34. The molecular weight excluding hydrogens is 268 g/mol. The Morgan fingerprint density at radius 1 is 1.43 bits per heavy atom. The molecule has 1 fully saturated rings. The summed E-state index contributed by atoms with van der Waals surface area (Å²) in [5.41, 5.74) is 5.49. The number of piperidine rings is 1. The lowest BCUT2D eigenvalue weighted by Crippen LogP contribution is -2.52. The third-order valence-corrected chi connectivity index (χ3v) is 3.84. The Balaban J connectivity index is 1.85. The van der Waals surface area contributed by atoms with Crippen LogP contribution in [0.5, 0.6) is 5.75 Å². The summed E-state index contributed by atoms with van der Waals surface area (Å²) in [6.07, 6.45) is 1.94. The SMILES string of the molecule is Cc1ccc(OC[C@@]2(O)CCCN(CCC(N)=O)C2)cc1. The lowest BCUT2D eigenvalue weighted by atomic mass is 9.93. The van der Waals surface area contributed by atoms with E-state index in [2.05, 4.69) is 4.90 Å². The van der Waals surface area contributed by atoms with E-state index in [0.29, 0.717) is 25.9 Å². The molecule has 1 atom stereocenters. The van der Waals surface area contributed by atoms with Gasteiger partial charge in [0.15, 0.2) is 0 Å². The Kier molecular flexibility index (Phi) is 5.20. The maximum Gasteiger partial charge on any atom is 0.218 e. The normalized spacial score (nSPS) is 23.0. The quantitative estimate of drug-likeness (QED) is 0.822. The minimum Gasteiger partial charge on any atom is -0.491 e. The van der Waals surface area contributed by atoms with E-state index in [1.807, 2.05) is 31.2 Å². The number of likely N-dealkylation sites (tertiary alicyclic amines) is 1. The average molecular weight is 292 g/mol. The molecule has 0 unspecified atom stereocenters. The molecule has 21 heavy (non-hydrogen) atoms. The van der Waals surface area contributed by atoms with Crippen molar-refractivity contribution < 1.29 is 14.6 Å². The van der Waals surface area contributed by atoms with Gasteiger partial charge in [0.2, 0.25) is 5.91 Å². The second kappa shape index (κ2) is 6.91. The van der Waals surface area contributed by atoms with Crippen LogP contribution >= 0.6 is 0 Å². The first-order valence-corrected chi connectivity index (χ1v) is 7.39. The highest BCUT2D eigenvalue weighted by Crippen LogP contribution is 2.23. The number of primary amides is 1. The maximum atomic E-state index is 10.8. The van der Waals surface area contributed by atoms with Gasteiger partial charge >= 0.3 is 0 Å². The fourth-order valence-corrected chi connectivity index (χ4v) is 2.64. The summed E-state index contributed by atoms with van der Waals surface area (Å²) in [4.78, 5) is 12.9. The number of carbonyl (C=O) groups is 1. The van der Waals surface area contributed by atoms with Crippen LogP contribution < -0.4 is 10.5 Å². The summed E-state index contributed by atoms with van der Waals surface area (Å²) < 4.78 is 5.71. The molecule has 1 heterocycles. The van der Waals surface area contributed by atoms with Crippen molar-refractivity contribution in [1.29, 1.82) is 0 Å². The van der Waals surface area contributed by atoms with Crippen LogP contribution in [0.15, 0.2) is 24.3 Å². The van der Waals surface area contributed by atoms with Crippen molar-refractivity contribution in [3.8, 4) is 5.75 Å². The maximum absolute atomic E-state index is 10.8. The molecule has 1 aliphatic heterocycles. The summed E-state index contributed by atoms with van der Waals surface area (Å²) in [5.74, 6) is 0.461. The van der Waals surface area contributed by atoms with E-state index in [-0.39, 0.29) is 12.5 Å². The fraction of sp³-hybridized carbons (Fsp3) is 0.562. The molecule has 3 N–H and O–H groups in total. The minimum atomic E-state index is -0.860. The molecule has 0 spiro atoms. The fourth-order valence-electron chi connectivity index (χ4n) is 2.64. The van der Waals surface area contributed by atoms with Crippen LogP contribution in [0.1, 0.15) is 24.8 Å². The zero-order valence-corrected chi connectivity index (χ0v) is 12.5. The number of hydrogen-bond donors (Lipinski definition) is 2. The van der Waals surface area contributed by atoms with Crippen molar-refractivity contribution in [2.45, 2.75) is 31.8 Å². The molecule has 0 radical (unpaired) electrons. The Hall–Kier alpha value is -1.59. The van der Waals surface area contributed by atoms with Crippen LogP contribution in [0.25, 0.3) is 0 Å². The number of rotatable bonds is 6. The van der Waals surface area contributed by atoms with Crippen molar-refractivity contribution in [3.63, 3.8) is 0 Å². The second-order valence-corrected chi connectivity index (χ2v) is 5.92. The van der Waals surface area contributed by atoms with E-state index in [1.54, 1.807) is 0 Å². The molecule has 1 aromatic rings. The van der Waals surface area contributed by atoms with Crippen LogP contribution in [-0.4, -0.2) is 47.8 Å². The summed E-state index contributed by atoms with van der Waals surface area (Å²) >= 11 is 0. The van der Waals surface area contributed by atoms with Gasteiger partial charge in [-0.3, -0.25) is 9.69 Å². The molecule has 1 amide bonds. The zero-order chi connectivity index (χ0) is 15.3. The molecule has 5 nitrogen and oxygen atoms in total. The van der Waals surface area contributed by atoms with Gasteiger partial charge in [-0.1, -0.05) is 17.7 Å². The summed E-state index contributed by atoms with van der Waals surface area (Å²) in [6, 6.07) is 7.79. The highest BCUT2D eigenvalue weighted by molar-refractivity contribution is 5.73. The first-order valence-electron chi connectivity index (χ1n) is 7.39. The first kappa shape index (κ1) is 15.8. The number of nitrogens with zero attached hydrogens (tertiary/aromatic N) is 1. The third-order valence-electron chi connectivity index (χ3n) is 3.84. The van der Waals surface area contributed by atoms with Gasteiger partial charge < -0.3 is 15.6 Å². The monoisotopic (exact) mass is 292 g/mol. The third kappa shape index (κ3) is 5.02. The standard InChI is InChI=1S/C16H24N2O3/c1-13-3-5-14(6-4-13)21-12-16(20)8-2-9-18(11-16)10-7-15(17)19/h3-6,20H,2,7-12H2,1H3,(H2,17,19)/t16-/m1/s1. The van der Waals surface area contributed by atoms with Crippen LogP contribution in [0.2, 0.25) is 0 Å². The Labute approximate surface area is 125 Å². The number of ether oxygens (including phenoxy) is 1. The molecule has 0 saturated carbocycles. The summed E-state index contributed by atoms with van der Waals surface area (Å²) in [5, 5.41) is 10.6. The van der Waals surface area contributed by atoms with Gasteiger partial charge in [-0.2, -0.15) is 0 Å². The Morgan fingerprint density at radius 2 is 2.14 bits per heavy atom. The first-order chi connectivity index (χ1) is 9.97. The Morgan fingerprint density at radius 3 is 2.81 bits per heavy atom. The topological polar surface area (TPSA) is 75.8 Å². The van der Waals surface area contributed by atoms with Gasteiger partial charge in [0.05, 0.1) is 0 Å². The lowest BCUT2D eigenvalue weighted by molar-refractivity contribution is -0.119. The number of benzene rings is 1. The highest BCUT2D eigenvalue weighted by atomic mass is 16.5. The molecule has 1 saturated heterocycles. The van der Waals surface area contributed by atoms with Gasteiger partial charge in [-0.25, -0.2) is 0 Å². The van der Waals surface area contributed by atoms with Gasteiger partial charge in [0.1, 0.15) is 18.0 Å². The van der Waals surface area contributed by atoms with Crippen LogP contribution in [-0.2, 0) is 4.79 Å². The van der Waals surface area contributed by atoms with Crippen molar-refractivity contribution in [2.24, 2.45) is 5.73 Å². The van der Waals surface area contributed by atoms with Crippen LogP contribution in [0.4, 0.5) is 0 Å². The molecule has 0 bridgehead atoms. The van der Waals surface area contributed by atoms with Gasteiger partial charge in [0.25, 0.3) is 0 Å². The average Bonchev–Trinajstić information content (AvgIpc) is 2.45. The van der Waals surface area contributed by atoms with E-state index in [0.717, 1.165) is 18.7 Å². The molecule has 1 aliphatic rings. The van der Waals surface area contributed by atoms with Crippen molar-refractivity contribution in [3.05, 3.63) is 29.8 Å². The van der Waals surface area contributed by atoms with E-state index in [9.17, 15) is 9.90 Å². The molecule has 116 valence electrons. The zero-order valence-electron chi connectivity index (χ0n) is 12.5. The van der Waals surface area contributed by atoms with Crippen LogP contribution in [0.3, 0.4) is 0 Å². The smallest absolute Gasteiger partial charge is 0.218 e. The predicted octanol–water partition coefficient (Wildman–Crippen LogP) is 1.08. The van der Waals surface area contributed by atoms with E-state index in [4.69, 9.17) is 10.5 Å². The second-order valence-electron chi connectivity index (χ2n) is 5.92. The van der Waals surface area contributed by atoms with Crippen molar-refractivity contribution in [2.75, 3.05) is 26.2 Å². The molecular formula is C16H24N2O3. The minimum absolute atomic E-state index is 0.267. The van der Waals surface area contributed by atoms with Gasteiger partial charge in [0, 0.05) is 19.5 Å². The number of nitrogens with two attached hydrogens (primary N) is 1. The lowest BCUT2D eigenvalue weighted by Gasteiger charge is -2.38. The number of β-amino-alcohol motifs (C(OH)–C–C–N with tert-alkyl or cyclic N) is 1. The number of hydrogen-bond acceptors (Lipinski definition) is 4. The van der Waals surface area contributed by atoms with Gasteiger partial charge in [-0.05, 0) is 38.4 Å². The van der Waals surface area contributed by atoms with Crippen LogP contribution in [0, 0.1) is 6.92 Å². The molecule has 1 aromatic carbocycles. The molecule has 5 heteroatoms.